The fraction of sp³-hybridized carbons (Fsp3) is 0.318. The first kappa shape index (κ1) is 22.0. The molecule has 0 unspecified atom stereocenters. The van der Waals surface area contributed by atoms with E-state index in [4.69, 9.17) is 4.74 Å². The van der Waals surface area contributed by atoms with E-state index in [1.165, 1.54) is 24.4 Å². The molecule has 0 aliphatic rings. The van der Waals surface area contributed by atoms with Gasteiger partial charge >= 0.3 is 0 Å². The third kappa shape index (κ3) is 5.46. The number of fused-ring (bicyclic) bond motifs is 1. The number of rotatable bonds is 10. The van der Waals surface area contributed by atoms with Gasteiger partial charge in [-0.15, -0.1) is 0 Å². The summed E-state index contributed by atoms with van der Waals surface area (Å²) in [4.78, 5) is 12.4. The van der Waals surface area contributed by atoms with E-state index in [-0.39, 0.29) is 23.1 Å². The van der Waals surface area contributed by atoms with E-state index in [1.807, 2.05) is 6.92 Å². The van der Waals surface area contributed by atoms with Gasteiger partial charge in [-0.3, -0.25) is 4.79 Å². The number of carbonyl (C=O) groups is 1. The Hall–Kier alpha value is -2.71. The maximum atomic E-state index is 13.5. The predicted octanol–water partition coefficient (Wildman–Crippen LogP) is 3.30. The van der Waals surface area contributed by atoms with E-state index in [9.17, 15) is 17.6 Å². The van der Waals surface area contributed by atoms with E-state index >= 15 is 0 Å². The van der Waals surface area contributed by atoms with Crippen LogP contribution < -0.4 is 5.32 Å². The van der Waals surface area contributed by atoms with Crippen molar-refractivity contribution in [1.82, 2.24) is 9.88 Å². The third-order valence-corrected chi connectivity index (χ3v) is 6.35. The van der Waals surface area contributed by atoms with Crippen LogP contribution in [0.25, 0.3) is 10.9 Å². The molecule has 0 saturated heterocycles. The van der Waals surface area contributed by atoms with Gasteiger partial charge < -0.3 is 14.6 Å². The lowest BCUT2D eigenvalue weighted by molar-refractivity contribution is -0.121. The number of ether oxygens (including phenoxy) is 1. The minimum atomic E-state index is -3.73. The summed E-state index contributed by atoms with van der Waals surface area (Å²) in [5.74, 6) is -1.00. The molecule has 0 fully saturated rings. The Morgan fingerprint density at radius 3 is 2.73 bits per heavy atom. The van der Waals surface area contributed by atoms with Gasteiger partial charge in [0.2, 0.25) is 5.91 Å². The standard InChI is InChI=1S/C22H25FN2O4S/c1-2-29-12-6-11-24-22(26)15-25-14-21(19-9-3-4-10-20(19)25)30(27,28)16-17-7-5-8-18(23)13-17/h3-5,7-10,13-14H,2,6,11-12,15-16H2,1H3,(H,24,26). The van der Waals surface area contributed by atoms with Crippen LogP contribution in [0.2, 0.25) is 0 Å². The van der Waals surface area contributed by atoms with Crippen LogP contribution in [0.4, 0.5) is 4.39 Å². The van der Waals surface area contributed by atoms with Crippen LogP contribution in [0.3, 0.4) is 0 Å². The van der Waals surface area contributed by atoms with Crippen molar-refractivity contribution in [2.45, 2.75) is 30.5 Å². The number of sulfone groups is 1. The quantitative estimate of drug-likeness (QED) is 0.499. The molecule has 1 amide bonds. The minimum Gasteiger partial charge on any atom is -0.382 e. The number of benzene rings is 2. The number of halogens is 1. The molecule has 1 aromatic heterocycles. The molecule has 1 heterocycles. The number of hydrogen-bond acceptors (Lipinski definition) is 4. The van der Waals surface area contributed by atoms with Crippen LogP contribution in [0.15, 0.2) is 59.6 Å². The topological polar surface area (TPSA) is 77.4 Å². The Bertz CT molecular complexity index is 1130. The van der Waals surface area contributed by atoms with Gasteiger partial charge in [-0.1, -0.05) is 30.3 Å². The summed E-state index contributed by atoms with van der Waals surface area (Å²) in [6.45, 7) is 3.62. The Morgan fingerprint density at radius 2 is 1.97 bits per heavy atom. The van der Waals surface area contributed by atoms with Crippen LogP contribution >= 0.6 is 0 Å². The van der Waals surface area contributed by atoms with E-state index in [2.05, 4.69) is 5.32 Å². The second kappa shape index (κ2) is 9.86. The summed E-state index contributed by atoms with van der Waals surface area (Å²) < 4.78 is 46.4. The SMILES string of the molecule is CCOCCCNC(=O)Cn1cc(S(=O)(=O)Cc2cccc(F)c2)c2ccccc21. The maximum absolute atomic E-state index is 13.5. The molecule has 3 aromatic rings. The molecule has 0 radical (unpaired) electrons. The molecule has 8 heteroatoms. The number of amides is 1. The number of aromatic nitrogens is 1. The highest BCUT2D eigenvalue weighted by atomic mass is 32.2. The average molecular weight is 433 g/mol. The molecule has 30 heavy (non-hydrogen) atoms. The first-order valence-electron chi connectivity index (χ1n) is 9.80. The molecule has 3 rings (SSSR count). The molecular formula is C22H25FN2O4S. The Kier molecular flexibility index (Phi) is 7.23. The molecule has 0 bridgehead atoms. The number of nitrogens with zero attached hydrogens (tertiary/aromatic N) is 1. The highest BCUT2D eigenvalue weighted by molar-refractivity contribution is 7.90. The van der Waals surface area contributed by atoms with Crippen molar-refractivity contribution in [2.24, 2.45) is 0 Å². The smallest absolute Gasteiger partial charge is 0.239 e. The van der Waals surface area contributed by atoms with Crippen molar-refractivity contribution in [2.75, 3.05) is 19.8 Å². The van der Waals surface area contributed by atoms with E-state index in [0.717, 1.165) is 0 Å². The van der Waals surface area contributed by atoms with Crippen LogP contribution in [0, 0.1) is 5.82 Å². The molecule has 6 nitrogen and oxygen atoms in total. The van der Waals surface area contributed by atoms with E-state index < -0.39 is 15.7 Å². The highest BCUT2D eigenvalue weighted by Crippen LogP contribution is 2.28. The second-order valence-corrected chi connectivity index (χ2v) is 8.89. The molecular weight excluding hydrogens is 407 g/mol. The molecule has 0 spiro atoms. The lowest BCUT2D eigenvalue weighted by atomic mass is 10.2. The van der Waals surface area contributed by atoms with Crippen molar-refractivity contribution in [3.63, 3.8) is 0 Å². The summed E-state index contributed by atoms with van der Waals surface area (Å²) in [6, 6.07) is 12.6. The molecule has 1 N–H and O–H groups in total. The summed E-state index contributed by atoms with van der Waals surface area (Å²) in [5, 5.41) is 3.36. The summed E-state index contributed by atoms with van der Waals surface area (Å²) in [5.41, 5.74) is 1.03. The zero-order valence-corrected chi connectivity index (χ0v) is 17.6. The van der Waals surface area contributed by atoms with Gasteiger partial charge in [0.25, 0.3) is 0 Å². The van der Waals surface area contributed by atoms with Gasteiger partial charge in [0, 0.05) is 36.9 Å². The molecule has 0 aliphatic carbocycles. The highest BCUT2D eigenvalue weighted by Gasteiger charge is 2.22. The van der Waals surface area contributed by atoms with Gasteiger partial charge in [-0.2, -0.15) is 0 Å². The predicted molar refractivity (Wildman–Crippen MR) is 113 cm³/mol. The fourth-order valence-electron chi connectivity index (χ4n) is 3.27. The van der Waals surface area contributed by atoms with Crippen LogP contribution in [0.1, 0.15) is 18.9 Å². The lowest BCUT2D eigenvalue weighted by Crippen LogP contribution is -2.28. The molecule has 0 atom stereocenters. The van der Waals surface area contributed by atoms with Crippen LogP contribution in [0.5, 0.6) is 0 Å². The molecule has 0 saturated carbocycles. The average Bonchev–Trinajstić information content (AvgIpc) is 3.07. The van der Waals surface area contributed by atoms with Crippen LogP contribution in [-0.4, -0.2) is 38.7 Å². The first-order valence-corrected chi connectivity index (χ1v) is 11.5. The van der Waals surface area contributed by atoms with E-state index in [1.54, 1.807) is 34.9 Å². The van der Waals surface area contributed by atoms with Crippen LogP contribution in [-0.2, 0) is 31.7 Å². The zero-order valence-electron chi connectivity index (χ0n) is 16.8. The molecule has 160 valence electrons. The Morgan fingerprint density at radius 1 is 1.17 bits per heavy atom. The number of nitrogens with one attached hydrogen (secondary N) is 1. The summed E-state index contributed by atoms with van der Waals surface area (Å²) in [7, 11) is -3.73. The Labute approximate surface area is 175 Å². The summed E-state index contributed by atoms with van der Waals surface area (Å²) in [6.07, 6.45) is 2.19. The third-order valence-electron chi connectivity index (χ3n) is 4.64. The first-order chi connectivity index (χ1) is 14.4. The van der Waals surface area contributed by atoms with E-state index in [0.29, 0.717) is 42.6 Å². The largest absolute Gasteiger partial charge is 0.382 e. The Balaban J connectivity index is 1.80. The lowest BCUT2D eigenvalue weighted by Gasteiger charge is -2.07. The van der Waals surface area contributed by atoms with Gasteiger partial charge in [0.1, 0.15) is 12.4 Å². The maximum Gasteiger partial charge on any atom is 0.239 e. The van der Waals surface area contributed by atoms with Gasteiger partial charge in [-0.25, -0.2) is 12.8 Å². The second-order valence-electron chi connectivity index (χ2n) is 6.93. The number of para-hydroxylation sites is 1. The van der Waals surface area contributed by atoms with Crippen molar-refractivity contribution < 1.29 is 22.3 Å². The van der Waals surface area contributed by atoms with Crippen molar-refractivity contribution in [1.29, 1.82) is 0 Å². The van der Waals surface area contributed by atoms with Gasteiger partial charge in [0.05, 0.1) is 10.6 Å². The minimum absolute atomic E-state index is 0.00460. The van der Waals surface area contributed by atoms with Gasteiger partial charge in [0.15, 0.2) is 9.84 Å². The molecule has 0 aliphatic heterocycles. The number of carbonyl (C=O) groups excluding carboxylic acids is 1. The normalized spacial score (nSPS) is 11.7. The zero-order chi connectivity index (χ0) is 21.6. The van der Waals surface area contributed by atoms with Crippen molar-refractivity contribution >= 4 is 26.6 Å². The monoisotopic (exact) mass is 432 g/mol. The van der Waals surface area contributed by atoms with Crippen molar-refractivity contribution in [3.8, 4) is 0 Å². The molecule has 2 aromatic carbocycles. The summed E-state index contributed by atoms with van der Waals surface area (Å²) >= 11 is 0. The fourth-order valence-corrected chi connectivity index (χ4v) is 4.84. The van der Waals surface area contributed by atoms with Crippen molar-refractivity contribution in [3.05, 3.63) is 66.1 Å². The number of hydrogen-bond donors (Lipinski definition) is 1. The van der Waals surface area contributed by atoms with Gasteiger partial charge in [-0.05, 0) is 37.1 Å².